The predicted octanol–water partition coefficient (Wildman–Crippen LogP) is 1.65. The lowest BCUT2D eigenvalue weighted by atomic mass is 10.2. The number of aromatic amines is 1. The summed E-state index contributed by atoms with van der Waals surface area (Å²) in [5.41, 5.74) is 1.26. The summed E-state index contributed by atoms with van der Waals surface area (Å²) in [6.07, 6.45) is 2.87. The molecule has 1 aliphatic rings. The Morgan fingerprint density at radius 2 is 2.30 bits per heavy atom. The van der Waals surface area contributed by atoms with Gasteiger partial charge in [0.05, 0.1) is 28.2 Å². The molecular formula is C12H9ClN4O3. The van der Waals surface area contributed by atoms with E-state index in [-0.39, 0.29) is 18.4 Å². The van der Waals surface area contributed by atoms with E-state index in [0.29, 0.717) is 27.7 Å². The smallest absolute Gasteiger partial charge is 0.262 e. The molecule has 0 unspecified atom stereocenters. The zero-order chi connectivity index (χ0) is 14.1. The Morgan fingerprint density at radius 3 is 3.05 bits per heavy atom. The van der Waals surface area contributed by atoms with Crippen molar-refractivity contribution < 1.29 is 14.3 Å². The summed E-state index contributed by atoms with van der Waals surface area (Å²) in [6.45, 7) is -0.0657. The van der Waals surface area contributed by atoms with Crippen molar-refractivity contribution in [2.75, 3.05) is 17.2 Å². The van der Waals surface area contributed by atoms with Gasteiger partial charge in [-0.3, -0.25) is 14.7 Å². The molecule has 0 aliphatic carbocycles. The highest BCUT2D eigenvalue weighted by Crippen LogP contribution is 2.36. The van der Waals surface area contributed by atoms with Crippen molar-refractivity contribution in [2.24, 2.45) is 0 Å². The standard InChI is InChI=1S/C12H9ClN4O3/c13-7-1-9-10(20-5-11(18)16-9)2-8(7)17-12(19)6-3-14-15-4-6/h1-4H,5H2,(H,14,15)(H,16,18)(H,17,19). The van der Waals surface area contributed by atoms with E-state index in [1.807, 2.05) is 0 Å². The fourth-order valence-electron chi connectivity index (χ4n) is 1.77. The number of aromatic nitrogens is 2. The number of amides is 2. The van der Waals surface area contributed by atoms with Crippen molar-refractivity contribution in [2.45, 2.75) is 0 Å². The summed E-state index contributed by atoms with van der Waals surface area (Å²) < 4.78 is 5.26. The number of anilines is 2. The molecule has 0 saturated carbocycles. The second kappa shape index (κ2) is 4.86. The SMILES string of the molecule is O=C1COc2cc(NC(=O)c3cn[nH]c3)c(Cl)cc2N1. The highest BCUT2D eigenvalue weighted by Gasteiger charge is 2.19. The van der Waals surface area contributed by atoms with Crippen LogP contribution >= 0.6 is 11.6 Å². The first-order valence-corrected chi connectivity index (χ1v) is 6.07. The Kier molecular flexibility index (Phi) is 3.03. The molecule has 2 heterocycles. The number of halogens is 1. The van der Waals surface area contributed by atoms with Crippen LogP contribution < -0.4 is 15.4 Å². The van der Waals surface area contributed by atoms with E-state index in [1.165, 1.54) is 18.5 Å². The van der Waals surface area contributed by atoms with Crippen molar-refractivity contribution >= 4 is 34.8 Å². The van der Waals surface area contributed by atoms with Crippen molar-refractivity contribution in [3.8, 4) is 5.75 Å². The average molecular weight is 293 g/mol. The lowest BCUT2D eigenvalue weighted by Gasteiger charge is -2.19. The Bertz CT molecular complexity index is 684. The number of ether oxygens (including phenoxy) is 1. The van der Waals surface area contributed by atoms with Crippen molar-refractivity contribution in [1.29, 1.82) is 0 Å². The van der Waals surface area contributed by atoms with Crippen LogP contribution in [0.25, 0.3) is 0 Å². The molecule has 2 amide bonds. The van der Waals surface area contributed by atoms with E-state index in [2.05, 4.69) is 20.8 Å². The molecule has 102 valence electrons. The van der Waals surface area contributed by atoms with E-state index in [9.17, 15) is 9.59 Å². The molecule has 1 aliphatic heterocycles. The molecule has 0 radical (unpaired) electrons. The van der Waals surface area contributed by atoms with E-state index < -0.39 is 0 Å². The van der Waals surface area contributed by atoms with Crippen LogP contribution in [0.2, 0.25) is 5.02 Å². The number of hydrogen-bond acceptors (Lipinski definition) is 4. The first kappa shape index (κ1) is 12.5. The van der Waals surface area contributed by atoms with E-state index in [1.54, 1.807) is 6.07 Å². The molecule has 0 atom stereocenters. The minimum absolute atomic E-state index is 0.0657. The second-order valence-electron chi connectivity index (χ2n) is 4.11. The maximum atomic E-state index is 11.9. The third-order valence-corrected chi connectivity index (χ3v) is 3.02. The van der Waals surface area contributed by atoms with Crippen LogP contribution in [0.4, 0.5) is 11.4 Å². The summed E-state index contributed by atoms with van der Waals surface area (Å²) in [5, 5.41) is 11.8. The van der Waals surface area contributed by atoms with Crippen LogP contribution in [0.15, 0.2) is 24.5 Å². The number of carbonyl (C=O) groups excluding carboxylic acids is 2. The number of H-pyrrole nitrogens is 1. The fourth-order valence-corrected chi connectivity index (χ4v) is 1.98. The minimum Gasteiger partial charge on any atom is -0.482 e. The molecule has 1 aromatic heterocycles. The topological polar surface area (TPSA) is 96.1 Å². The number of rotatable bonds is 2. The zero-order valence-corrected chi connectivity index (χ0v) is 10.8. The molecule has 0 spiro atoms. The summed E-state index contributed by atoms with van der Waals surface area (Å²) in [5.74, 6) is -0.138. The van der Waals surface area contributed by atoms with E-state index in [0.717, 1.165) is 0 Å². The Balaban J connectivity index is 1.87. The monoisotopic (exact) mass is 292 g/mol. The molecule has 2 aromatic rings. The van der Waals surface area contributed by atoms with Gasteiger partial charge in [-0.05, 0) is 6.07 Å². The number of nitrogens with one attached hydrogen (secondary N) is 3. The van der Waals surface area contributed by atoms with Crippen molar-refractivity contribution in [3.05, 3.63) is 35.1 Å². The van der Waals surface area contributed by atoms with Gasteiger partial charge in [0, 0.05) is 12.3 Å². The normalized spacial score (nSPS) is 13.2. The van der Waals surface area contributed by atoms with Gasteiger partial charge in [0.15, 0.2) is 6.61 Å². The van der Waals surface area contributed by atoms with Gasteiger partial charge in [0.1, 0.15) is 5.75 Å². The molecule has 0 bridgehead atoms. The fraction of sp³-hybridized carbons (Fsp3) is 0.0833. The van der Waals surface area contributed by atoms with E-state index >= 15 is 0 Å². The number of benzene rings is 1. The minimum atomic E-state index is -0.347. The van der Waals surface area contributed by atoms with Gasteiger partial charge in [-0.1, -0.05) is 11.6 Å². The van der Waals surface area contributed by atoms with Gasteiger partial charge < -0.3 is 15.4 Å². The summed E-state index contributed by atoms with van der Waals surface area (Å²) in [6, 6.07) is 3.09. The Morgan fingerprint density at radius 1 is 1.45 bits per heavy atom. The number of carbonyl (C=O) groups is 2. The molecule has 0 fully saturated rings. The molecule has 8 heteroatoms. The highest BCUT2D eigenvalue weighted by molar-refractivity contribution is 6.34. The summed E-state index contributed by atoms with van der Waals surface area (Å²) in [4.78, 5) is 23.1. The predicted molar refractivity (Wildman–Crippen MR) is 72.1 cm³/mol. The van der Waals surface area contributed by atoms with Crippen molar-refractivity contribution in [3.63, 3.8) is 0 Å². The van der Waals surface area contributed by atoms with Gasteiger partial charge in [-0.25, -0.2) is 0 Å². The van der Waals surface area contributed by atoms with Crippen LogP contribution in [0.3, 0.4) is 0 Å². The summed E-state index contributed by atoms with van der Waals surface area (Å²) in [7, 11) is 0. The molecule has 0 saturated heterocycles. The Labute approximate surface area is 118 Å². The molecule has 7 nitrogen and oxygen atoms in total. The van der Waals surface area contributed by atoms with Gasteiger partial charge in [-0.15, -0.1) is 0 Å². The second-order valence-corrected chi connectivity index (χ2v) is 4.51. The van der Waals surface area contributed by atoms with Gasteiger partial charge in [0.2, 0.25) is 0 Å². The quantitative estimate of drug-likeness (QED) is 0.784. The number of fused-ring (bicyclic) bond motifs is 1. The van der Waals surface area contributed by atoms with Gasteiger partial charge >= 0.3 is 0 Å². The zero-order valence-electron chi connectivity index (χ0n) is 10.1. The van der Waals surface area contributed by atoms with E-state index in [4.69, 9.17) is 16.3 Å². The average Bonchev–Trinajstić information content (AvgIpc) is 2.94. The molecule has 1 aromatic carbocycles. The van der Waals surface area contributed by atoms with Crippen LogP contribution in [-0.4, -0.2) is 28.6 Å². The van der Waals surface area contributed by atoms with Crippen molar-refractivity contribution in [1.82, 2.24) is 10.2 Å². The molecule has 20 heavy (non-hydrogen) atoms. The number of hydrogen-bond donors (Lipinski definition) is 3. The maximum absolute atomic E-state index is 11.9. The third-order valence-electron chi connectivity index (χ3n) is 2.71. The molecular weight excluding hydrogens is 284 g/mol. The third kappa shape index (κ3) is 2.30. The maximum Gasteiger partial charge on any atom is 0.262 e. The molecule has 3 rings (SSSR count). The van der Waals surface area contributed by atoms with Crippen LogP contribution in [-0.2, 0) is 4.79 Å². The lowest BCUT2D eigenvalue weighted by Crippen LogP contribution is -2.25. The van der Waals surface area contributed by atoms with Gasteiger partial charge in [0.25, 0.3) is 11.8 Å². The van der Waals surface area contributed by atoms with Crippen LogP contribution in [0.1, 0.15) is 10.4 Å². The van der Waals surface area contributed by atoms with Gasteiger partial charge in [-0.2, -0.15) is 5.10 Å². The van der Waals surface area contributed by atoms with Crippen LogP contribution in [0, 0.1) is 0 Å². The Hall–Kier alpha value is -2.54. The number of nitrogens with zero attached hydrogens (tertiary/aromatic N) is 1. The largest absolute Gasteiger partial charge is 0.482 e. The van der Waals surface area contributed by atoms with Crippen LogP contribution in [0.5, 0.6) is 5.75 Å². The first-order chi connectivity index (χ1) is 9.63. The first-order valence-electron chi connectivity index (χ1n) is 5.70. The highest BCUT2D eigenvalue weighted by atomic mass is 35.5. The molecule has 3 N–H and O–H groups in total. The lowest BCUT2D eigenvalue weighted by molar-refractivity contribution is -0.118. The summed E-state index contributed by atoms with van der Waals surface area (Å²) >= 11 is 6.07.